The SMILES string of the molecule is c1ccc(CN(CCOc2ccc(CC3CSCN3)cc2)c2nc3ccccc3s2)cc1. The molecule has 1 saturated heterocycles. The Morgan fingerprint density at radius 1 is 0.938 bits per heavy atom. The van der Waals surface area contributed by atoms with Crippen molar-refractivity contribution in [2.45, 2.75) is 19.0 Å². The first-order valence-corrected chi connectivity index (χ1v) is 13.0. The molecule has 0 spiro atoms. The van der Waals surface area contributed by atoms with E-state index in [4.69, 9.17) is 9.72 Å². The molecule has 2 heterocycles. The van der Waals surface area contributed by atoms with Crippen LogP contribution in [0.15, 0.2) is 78.9 Å². The zero-order valence-corrected chi connectivity index (χ0v) is 19.6. The van der Waals surface area contributed by atoms with Crippen molar-refractivity contribution in [3.63, 3.8) is 0 Å². The highest BCUT2D eigenvalue weighted by Gasteiger charge is 2.15. The van der Waals surface area contributed by atoms with Crippen molar-refractivity contribution in [1.82, 2.24) is 10.3 Å². The molecule has 0 saturated carbocycles. The van der Waals surface area contributed by atoms with Gasteiger partial charge in [0.2, 0.25) is 0 Å². The molecule has 1 aliphatic heterocycles. The van der Waals surface area contributed by atoms with Crippen LogP contribution in [0.4, 0.5) is 5.13 Å². The van der Waals surface area contributed by atoms with Crippen molar-refractivity contribution >= 4 is 38.4 Å². The number of thiazole rings is 1. The van der Waals surface area contributed by atoms with Gasteiger partial charge < -0.3 is 15.0 Å². The van der Waals surface area contributed by atoms with Gasteiger partial charge in [-0.2, -0.15) is 0 Å². The molecular formula is C26H27N3OS2. The third kappa shape index (κ3) is 5.44. The number of hydrogen-bond acceptors (Lipinski definition) is 6. The first-order chi connectivity index (χ1) is 15.8. The molecule has 0 bridgehead atoms. The zero-order chi connectivity index (χ0) is 21.6. The monoisotopic (exact) mass is 461 g/mol. The molecule has 0 amide bonds. The minimum absolute atomic E-state index is 0.590. The maximum Gasteiger partial charge on any atom is 0.186 e. The second kappa shape index (κ2) is 10.4. The maximum absolute atomic E-state index is 6.11. The van der Waals surface area contributed by atoms with Gasteiger partial charge in [-0.05, 0) is 41.8 Å². The minimum Gasteiger partial charge on any atom is -0.492 e. The van der Waals surface area contributed by atoms with Gasteiger partial charge in [-0.15, -0.1) is 11.8 Å². The van der Waals surface area contributed by atoms with Crippen LogP contribution in [-0.4, -0.2) is 35.8 Å². The van der Waals surface area contributed by atoms with Gasteiger partial charge in [0.1, 0.15) is 12.4 Å². The van der Waals surface area contributed by atoms with E-state index >= 15 is 0 Å². The number of fused-ring (bicyclic) bond motifs is 1. The van der Waals surface area contributed by atoms with Gasteiger partial charge in [0.05, 0.1) is 16.8 Å². The fourth-order valence-corrected chi connectivity index (χ4v) is 5.87. The Balaban J connectivity index is 1.23. The summed E-state index contributed by atoms with van der Waals surface area (Å²) in [6, 6.07) is 28.0. The number of nitrogens with zero attached hydrogens (tertiary/aromatic N) is 2. The van der Waals surface area contributed by atoms with Crippen LogP contribution in [-0.2, 0) is 13.0 Å². The summed E-state index contributed by atoms with van der Waals surface area (Å²) in [6.45, 7) is 2.21. The Labute approximate surface area is 197 Å². The van der Waals surface area contributed by atoms with E-state index in [0.717, 1.165) is 41.8 Å². The van der Waals surface area contributed by atoms with Crippen molar-refractivity contribution < 1.29 is 4.74 Å². The number of nitrogens with one attached hydrogen (secondary N) is 1. The highest BCUT2D eigenvalue weighted by atomic mass is 32.2. The number of aromatic nitrogens is 1. The van der Waals surface area contributed by atoms with Crippen molar-refractivity contribution in [2.75, 3.05) is 29.7 Å². The predicted octanol–water partition coefficient (Wildman–Crippen LogP) is 5.59. The molecule has 1 unspecified atom stereocenters. The number of hydrogen-bond donors (Lipinski definition) is 1. The van der Waals surface area contributed by atoms with E-state index in [9.17, 15) is 0 Å². The van der Waals surface area contributed by atoms with E-state index < -0.39 is 0 Å². The molecule has 1 N–H and O–H groups in total. The van der Waals surface area contributed by atoms with Crippen LogP contribution in [0.5, 0.6) is 5.75 Å². The van der Waals surface area contributed by atoms with Crippen LogP contribution in [0.25, 0.3) is 10.2 Å². The minimum atomic E-state index is 0.590. The molecule has 164 valence electrons. The van der Waals surface area contributed by atoms with Crippen LogP contribution in [0.3, 0.4) is 0 Å². The average Bonchev–Trinajstić information content (AvgIpc) is 3.50. The lowest BCUT2D eigenvalue weighted by Gasteiger charge is -2.22. The Kier molecular flexibility index (Phi) is 6.92. The Bertz CT molecular complexity index is 1090. The van der Waals surface area contributed by atoms with E-state index in [2.05, 4.69) is 83.0 Å². The molecule has 3 aromatic carbocycles. The van der Waals surface area contributed by atoms with Gasteiger partial charge in [0.25, 0.3) is 0 Å². The van der Waals surface area contributed by atoms with Crippen molar-refractivity contribution in [3.05, 3.63) is 90.0 Å². The van der Waals surface area contributed by atoms with Crippen LogP contribution < -0.4 is 15.0 Å². The summed E-state index contributed by atoms with van der Waals surface area (Å²) >= 11 is 3.71. The van der Waals surface area contributed by atoms with Gasteiger partial charge in [-0.25, -0.2) is 4.98 Å². The van der Waals surface area contributed by atoms with Crippen molar-refractivity contribution in [3.8, 4) is 5.75 Å². The normalized spacial score (nSPS) is 15.8. The summed E-state index contributed by atoms with van der Waals surface area (Å²) < 4.78 is 7.33. The van der Waals surface area contributed by atoms with Gasteiger partial charge >= 0.3 is 0 Å². The van der Waals surface area contributed by atoms with E-state index in [1.807, 2.05) is 17.8 Å². The predicted molar refractivity (Wildman–Crippen MR) is 137 cm³/mol. The highest BCUT2D eigenvalue weighted by Crippen LogP contribution is 2.29. The molecule has 1 atom stereocenters. The average molecular weight is 462 g/mol. The summed E-state index contributed by atoms with van der Waals surface area (Å²) in [7, 11) is 0. The fraction of sp³-hybridized carbons (Fsp3) is 0.269. The number of rotatable bonds is 9. The number of benzene rings is 3. The summed E-state index contributed by atoms with van der Waals surface area (Å²) in [4.78, 5) is 7.19. The van der Waals surface area contributed by atoms with E-state index in [0.29, 0.717) is 12.6 Å². The molecule has 0 aliphatic carbocycles. The van der Waals surface area contributed by atoms with Crippen LogP contribution in [0.1, 0.15) is 11.1 Å². The molecule has 1 aliphatic rings. The lowest BCUT2D eigenvalue weighted by atomic mass is 10.1. The van der Waals surface area contributed by atoms with Crippen LogP contribution in [0.2, 0.25) is 0 Å². The Morgan fingerprint density at radius 2 is 1.75 bits per heavy atom. The summed E-state index contributed by atoms with van der Waals surface area (Å²) in [5, 5.41) is 4.57. The summed E-state index contributed by atoms with van der Waals surface area (Å²) in [5.74, 6) is 3.19. The summed E-state index contributed by atoms with van der Waals surface area (Å²) in [6.07, 6.45) is 1.08. The molecule has 4 aromatic rings. The summed E-state index contributed by atoms with van der Waals surface area (Å²) in [5.41, 5.74) is 3.68. The van der Waals surface area contributed by atoms with Gasteiger partial charge in [0, 0.05) is 24.2 Å². The number of ether oxygens (including phenoxy) is 1. The van der Waals surface area contributed by atoms with Gasteiger partial charge in [-0.3, -0.25) is 0 Å². The van der Waals surface area contributed by atoms with E-state index in [1.54, 1.807) is 11.3 Å². The Morgan fingerprint density at radius 3 is 2.53 bits per heavy atom. The second-order valence-electron chi connectivity index (χ2n) is 7.98. The smallest absolute Gasteiger partial charge is 0.186 e. The molecule has 1 fully saturated rings. The van der Waals surface area contributed by atoms with Crippen LogP contribution in [0, 0.1) is 0 Å². The second-order valence-corrected chi connectivity index (χ2v) is 10.0. The molecular weight excluding hydrogens is 434 g/mol. The fourth-order valence-electron chi connectivity index (χ4n) is 3.89. The molecule has 5 rings (SSSR count). The lowest BCUT2D eigenvalue weighted by Crippen LogP contribution is -2.27. The first kappa shape index (κ1) is 21.3. The molecule has 32 heavy (non-hydrogen) atoms. The lowest BCUT2D eigenvalue weighted by molar-refractivity contribution is 0.323. The third-order valence-electron chi connectivity index (χ3n) is 5.60. The van der Waals surface area contributed by atoms with Gasteiger partial charge in [0.15, 0.2) is 5.13 Å². The first-order valence-electron chi connectivity index (χ1n) is 11.0. The number of thioether (sulfide) groups is 1. The largest absolute Gasteiger partial charge is 0.492 e. The third-order valence-corrected chi connectivity index (χ3v) is 7.70. The molecule has 4 nitrogen and oxygen atoms in total. The van der Waals surface area contributed by atoms with E-state index in [-0.39, 0.29) is 0 Å². The molecule has 0 radical (unpaired) electrons. The quantitative estimate of drug-likeness (QED) is 0.352. The zero-order valence-electron chi connectivity index (χ0n) is 17.9. The van der Waals surface area contributed by atoms with Crippen molar-refractivity contribution in [1.29, 1.82) is 0 Å². The standard InChI is InChI=1S/C26H27N3OS2/c1-2-6-21(7-3-1)17-29(26-28-24-8-4-5-9-25(24)32-26)14-15-30-23-12-10-20(11-13-23)16-22-18-31-19-27-22/h1-13,22,27H,14-19H2. The molecule has 6 heteroatoms. The maximum atomic E-state index is 6.11. The number of para-hydroxylation sites is 1. The van der Waals surface area contributed by atoms with Gasteiger partial charge in [-0.1, -0.05) is 65.9 Å². The Hall–Kier alpha value is -2.54. The molecule has 1 aromatic heterocycles. The van der Waals surface area contributed by atoms with E-state index in [1.165, 1.54) is 21.6 Å². The van der Waals surface area contributed by atoms with Crippen molar-refractivity contribution in [2.24, 2.45) is 0 Å². The number of anilines is 1. The topological polar surface area (TPSA) is 37.4 Å². The van der Waals surface area contributed by atoms with Crippen LogP contribution >= 0.6 is 23.1 Å². The highest BCUT2D eigenvalue weighted by molar-refractivity contribution is 7.99.